The summed E-state index contributed by atoms with van der Waals surface area (Å²) in [5.74, 6) is -0.773. The van der Waals surface area contributed by atoms with Crippen molar-refractivity contribution in [3.05, 3.63) is 66.4 Å². The molecule has 1 aromatic heterocycles. The van der Waals surface area contributed by atoms with Gasteiger partial charge in [-0.2, -0.15) is 0 Å². The summed E-state index contributed by atoms with van der Waals surface area (Å²) >= 11 is 0. The summed E-state index contributed by atoms with van der Waals surface area (Å²) in [4.78, 5) is 38.9. The van der Waals surface area contributed by atoms with Gasteiger partial charge in [-0.3, -0.25) is 14.4 Å². The van der Waals surface area contributed by atoms with E-state index in [2.05, 4.69) is 10.6 Å². The number of carbonyl (C=O) groups is 3. The number of nitrogens with one attached hydrogen (secondary N) is 2. The van der Waals surface area contributed by atoms with Crippen LogP contribution in [-0.2, 0) is 16.6 Å². The first-order valence-corrected chi connectivity index (χ1v) is 10.00. The molecule has 30 heavy (non-hydrogen) atoms. The van der Waals surface area contributed by atoms with Crippen LogP contribution in [0.2, 0.25) is 0 Å². The average molecular weight is 404 g/mol. The first-order chi connectivity index (χ1) is 14.5. The number of anilines is 1. The van der Waals surface area contributed by atoms with Crippen molar-refractivity contribution in [2.75, 3.05) is 24.5 Å². The van der Waals surface area contributed by atoms with E-state index < -0.39 is 0 Å². The summed E-state index contributed by atoms with van der Waals surface area (Å²) < 4.78 is 1.92. The van der Waals surface area contributed by atoms with Gasteiger partial charge < -0.3 is 20.1 Å². The minimum Gasteiger partial charge on any atom is -0.354 e. The Balaban J connectivity index is 1.27. The Morgan fingerprint density at radius 3 is 2.50 bits per heavy atom. The lowest BCUT2D eigenvalue weighted by Gasteiger charge is -2.16. The molecule has 2 N–H and O–H groups in total. The number of hydrogen-bond donors (Lipinski definition) is 2. The number of hydrogen-bond acceptors (Lipinski definition) is 3. The SMILES string of the molecule is Cn1cc(C(=O)NCCNC(=O)C2CC(=O)N(c3ccccc3)C2)c2ccccc21. The number of para-hydroxylation sites is 2. The van der Waals surface area contributed by atoms with Crippen LogP contribution in [0.4, 0.5) is 5.69 Å². The maximum atomic E-state index is 12.5. The van der Waals surface area contributed by atoms with Gasteiger partial charge in [-0.25, -0.2) is 0 Å². The standard InChI is InChI=1S/C23H24N4O3/c1-26-15-19(18-9-5-6-10-20(18)26)23(30)25-12-11-24-22(29)16-13-21(28)27(14-16)17-7-3-2-4-8-17/h2-10,15-16H,11-14H2,1H3,(H,24,29)(H,25,30). The maximum Gasteiger partial charge on any atom is 0.253 e. The quantitative estimate of drug-likeness (QED) is 0.617. The van der Waals surface area contributed by atoms with Gasteiger partial charge in [0.25, 0.3) is 5.91 Å². The molecule has 3 aromatic rings. The molecular weight excluding hydrogens is 380 g/mol. The van der Waals surface area contributed by atoms with Crippen LogP contribution in [0.5, 0.6) is 0 Å². The zero-order valence-corrected chi connectivity index (χ0v) is 16.8. The highest BCUT2D eigenvalue weighted by Gasteiger charge is 2.34. The van der Waals surface area contributed by atoms with Crippen molar-refractivity contribution in [3.8, 4) is 0 Å². The molecule has 0 radical (unpaired) electrons. The van der Waals surface area contributed by atoms with Gasteiger partial charge in [0.15, 0.2) is 0 Å². The first-order valence-electron chi connectivity index (χ1n) is 10.00. The number of nitrogens with zero attached hydrogens (tertiary/aromatic N) is 2. The van der Waals surface area contributed by atoms with Gasteiger partial charge in [-0.05, 0) is 18.2 Å². The number of carbonyl (C=O) groups excluding carboxylic acids is 3. The summed E-state index contributed by atoms with van der Waals surface area (Å²) in [6, 6.07) is 17.1. The summed E-state index contributed by atoms with van der Waals surface area (Å²) in [7, 11) is 1.90. The predicted molar refractivity (Wildman–Crippen MR) is 115 cm³/mol. The fraction of sp³-hybridized carbons (Fsp3) is 0.261. The number of aromatic nitrogens is 1. The van der Waals surface area contributed by atoms with Gasteiger partial charge in [0, 0.05) is 55.9 Å². The molecule has 1 saturated heterocycles. The van der Waals surface area contributed by atoms with E-state index in [1.807, 2.05) is 66.2 Å². The van der Waals surface area contributed by atoms with Crippen molar-refractivity contribution in [2.45, 2.75) is 6.42 Å². The van der Waals surface area contributed by atoms with E-state index in [0.717, 1.165) is 16.6 Å². The summed E-state index contributed by atoms with van der Waals surface area (Å²) in [5, 5.41) is 6.57. The van der Waals surface area contributed by atoms with E-state index in [1.54, 1.807) is 11.1 Å². The van der Waals surface area contributed by atoms with E-state index in [4.69, 9.17) is 0 Å². The highest BCUT2D eigenvalue weighted by molar-refractivity contribution is 6.07. The minimum atomic E-state index is -0.383. The smallest absolute Gasteiger partial charge is 0.253 e. The van der Waals surface area contributed by atoms with Crippen molar-refractivity contribution < 1.29 is 14.4 Å². The molecule has 2 heterocycles. The molecule has 0 saturated carbocycles. The largest absolute Gasteiger partial charge is 0.354 e. The third-order valence-electron chi connectivity index (χ3n) is 5.42. The molecule has 1 fully saturated rings. The predicted octanol–water partition coefficient (Wildman–Crippen LogP) is 2.08. The van der Waals surface area contributed by atoms with Gasteiger partial charge in [0.1, 0.15) is 0 Å². The molecule has 1 aliphatic rings. The monoisotopic (exact) mass is 404 g/mol. The normalized spacial score (nSPS) is 16.1. The molecule has 0 spiro atoms. The molecule has 4 rings (SSSR count). The molecule has 1 aliphatic heterocycles. The van der Waals surface area contributed by atoms with Crippen LogP contribution >= 0.6 is 0 Å². The Kier molecular flexibility index (Phi) is 5.52. The second-order valence-electron chi connectivity index (χ2n) is 7.46. The molecule has 3 amide bonds. The number of benzene rings is 2. The highest BCUT2D eigenvalue weighted by Crippen LogP contribution is 2.24. The lowest BCUT2D eigenvalue weighted by molar-refractivity contribution is -0.126. The topological polar surface area (TPSA) is 83.4 Å². The number of rotatable bonds is 6. The summed E-state index contributed by atoms with van der Waals surface area (Å²) in [5.41, 5.74) is 2.41. The van der Waals surface area contributed by atoms with Crippen LogP contribution in [0.1, 0.15) is 16.8 Å². The highest BCUT2D eigenvalue weighted by atomic mass is 16.2. The van der Waals surface area contributed by atoms with Gasteiger partial charge in [0.2, 0.25) is 11.8 Å². The Labute approximate surface area is 174 Å². The van der Waals surface area contributed by atoms with Crippen molar-refractivity contribution in [1.82, 2.24) is 15.2 Å². The van der Waals surface area contributed by atoms with E-state index in [0.29, 0.717) is 25.2 Å². The Hall–Kier alpha value is -3.61. The zero-order chi connectivity index (χ0) is 21.1. The summed E-state index contributed by atoms with van der Waals surface area (Å²) in [6.07, 6.45) is 2.00. The van der Waals surface area contributed by atoms with Crippen molar-refractivity contribution in [3.63, 3.8) is 0 Å². The second-order valence-corrected chi connectivity index (χ2v) is 7.46. The molecule has 7 nitrogen and oxygen atoms in total. The number of amides is 3. The lowest BCUT2D eigenvalue weighted by atomic mass is 10.1. The van der Waals surface area contributed by atoms with E-state index >= 15 is 0 Å². The Morgan fingerprint density at radius 1 is 1.00 bits per heavy atom. The lowest BCUT2D eigenvalue weighted by Crippen LogP contribution is -2.38. The van der Waals surface area contributed by atoms with Gasteiger partial charge in [-0.1, -0.05) is 36.4 Å². The Morgan fingerprint density at radius 2 is 1.70 bits per heavy atom. The third kappa shape index (κ3) is 3.91. The van der Waals surface area contributed by atoms with E-state index in [9.17, 15) is 14.4 Å². The molecule has 1 unspecified atom stereocenters. The van der Waals surface area contributed by atoms with Crippen LogP contribution in [0.3, 0.4) is 0 Å². The summed E-state index contributed by atoms with van der Waals surface area (Å²) in [6.45, 7) is 0.999. The van der Waals surface area contributed by atoms with E-state index in [1.165, 1.54) is 0 Å². The first kappa shape index (κ1) is 19.7. The average Bonchev–Trinajstić information content (AvgIpc) is 3.32. The van der Waals surface area contributed by atoms with Crippen LogP contribution in [0.25, 0.3) is 10.9 Å². The molecule has 154 valence electrons. The maximum absolute atomic E-state index is 12.5. The van der Waals surface area contributed by atoms with Gasteiger partial charge in [0.05, 0.1) is 11.5 Å². The fourth-order valence-electron chi connectivity index (χ4n) is 3.86. The molecule has 0 bridgehead atoms. The zero-order valence-electron chi connectivity index (χ0n) is 16.8. The third-order valence-corrected chi connectivity index (χ3v) is 5.42. The second kappa shape index (κ2) is 8.41. The number of aryl methyl sites for hydroxylation is 1. The van der Waals surface area contributed by atoms with E-state index in [-0.39, 0.29) is 30.1 Å². The molecule has 2 aromatic carbocycles. The fourth-order valence-corrected chi connectivity index (χ4v) is 3.86. The van der Waals surface area contributed by atoms with Crippen molar-refractivity contribution >= 4 is 34.3 Å². The van der Waals surface area contributed by atoms with Crippen LogP contribution in [0.15, 0.2) is 60.8 Å². The Bertz CT molecular complexity index is 1090. The molecular formula is C23H24N4O3. The van der Waals surface area contributed by atoms with Crippen LogP contribution in [-0.4, -0.2) is 41.9 Å². The molecule has 1 atom stereocenters. The number of fused-ring (bicyclic) bond motifs is 1. The molecule has 0 aliphatic carbocycles. The van der Waals surface area contributed by atoms with Crippen molar-refractivity contribution in [1.29, 1.82) is 0 Å². The van der Waals surface area contributed by atoms with Gasteiger partial charge >= 0.3 is 0 Å². The molecule has 7 heteroatoms. The van der Waals surface area contributed by atoms with Gasteiger partial charge in [-0.15, -0.1) is 0 Å². The minimum absolute atomic E-state index is 0.0504. The van der Waals surface area contributed by atoms with Crippen LogP contribution < -0.4 is 15.5 Å². The van der Waals surface area contributed by atoms with Crippen LogP contribution in [0, 0.1) is 5.92 Å². The van der Waals surface area contributed by atoms with Crippen molar-refractivity contribution in [2.24, 2.45) is 13.0 Å².